The monoisotopic (exact) mass is 456 g/mol. The van der Waals surface area contributed by atoms with Gasteiger partial charge >= 0.3 is 0 Å². The first kappa shape index (κ1) is 22.6. The molecule has 2 fully saturated rings. The van der Waals surface area contributed by atoms with Gasteiger partial charge in [0.2, 0.25) is 0 Å². The fraction of sp³-hybridized carbons (Fsp3) is 0.407. The van der Waals surface area contributed by atoms with E-state index in [1.54, 1.807) is 24.5 Å². The van der Waals surface area contributed by atoms with Crippen molar-refractivity contribution in [2.24, 2.45) is 5.84 Å². The molecule has 2 aliphatic rings. The lowest BCUT2D eigenvalue weighted by Gasteiger charge is -2.46. The number of benzene rings is 1. The molecule has 2 saturated carbocycles. The number of carbonyl (C=O) groups is 1. The maximum atomic E-state index is 12.8. The van der Waals surface area contributed by atoms with E-state index in [-0.39, 0.29) is 5.69 Å². The lowest BCUT2D eigenvalue weighted by molar-refractivity contribution is 0.0397. The number of pyridine rings is 1. The first-order valence-electron chi connectivity index (χ1n) is 12.4. The van der Waals surface area contributed by atoms with Gasteiger partial charge in [0, 0.05) is 23.8 Å². The van der Waals surface area contributed by atoms with Crippen LogP contribution in [0.5, 0.6) is 0 Å². The standard InChI is InChI=1S/C27H32N6O/c28-33(24-10-3-15-29-17-24)27(34)26-19-30-18-25(31-26)21-13-11-20(12-14-21)5-4-16-32(22-6-1-7-22)23-8-2-9-23/h3,10-15,17-19,22-23H,1-2,4-9,16,28H2. The van der Waals surface area contributed by atoms with Gasteiger partial charge in [-0.05, 0) is 62.8 Å². The molecular formula is C27H32N6O. The molecule has 2 aromatic heterocycles. The molecule has 5 rings (SSSR count). The summed E-state index contributed by atoms with van der Waals surface area (Å²) in [6.07, 6.45) is 16.9. The van der Waals surface area contributed by atoms with Gasteiger partial charge in [-0.25, -0.2) is 15.8 Å². The van der Waals surface area contributed by atoms with Gasteiger partial charge in [-0.3, -0.25) is 19.7 Å². The highest BCUT2D eigenvalue weighted by Gasteiger charge is 2.32. The van der Waals surface area contributed by atoms with E-state index in [1.165, 1.54) is 69.4 Å². The SMILES string of the molecule is NN(C(=O)c1cncc(-c2ccc(CCCN(C3CCC3)C3CCC3)cc2)n1)c1cccnc1. The second-order valence-electron chi connectivity index (χ2n) is 9.38. The fourth-order valence-electron chi connectivity index (χ4n) is 4.75. The maximum absolute atomic E-state index is 12.8. The van der Waals surface area contributed by atoms with Crippen LogP contribution < -0.4 is 10.9 Å². The van der Waals surface area contributed by atoms with Crippen LogP contribution in [0.4, 0.5) is 5.69 Å². The van der Waals surface area contributed by atoms with E-state index in [0.717, 1.165) is 29.1 Å². The Kier molecular flexibility index (Phi) is 6.92. The van der Waals surface area contributed by atoms with Gasteiger partial charge in [-0.1, -0.05) is 37.1 Å². The molecule has 2 heterocycles. The number of hydrogen-bond acceptors (Lipinski definition) is 6. The zero-order chi connectivity index (χ0) is 23.3. The largest absolute Gasteiger partial charge is 0.297 e. The summed E-state index contributed by atoms with van der Waals surface area (Å²) in [6.45, 7) is 1.21. The average molecular weight is 457 g/mol. The number of anilines is 1. The third-order valence-electron chi connectivity index (χ3n) is 7.22. The van der Waals surface area contributed by atoms with Crippen LogP contribution >= 0.6 is 0 Å². The van der Waals surface area contributed by atoms with Crippen molar-refractivity contribution in [2.75, 3.05) is 11.6 Å². The van der Waals surface area contributed by atoms with Gasteiger partial charge in [0.15, 0.2) is 0 Å². The molecule has 7 nitrogen and oxygen atoms in total. The third kappa shape index (κ3) is 5.00. The number of carbonyl (C=O) groups excluding carboxylic acids is 1. The van der Waals surface area contributed by atoms with Gasteiger partial charge in [-0.15, -0.1) is 0 Å². The molecule has 1 amide bonds. The summed E-state index contributed by atoms with van der Waals surface area (Å²) in [6, 6.07) is 13.6. The van der Waals surface area contributed by atoms with Crippen molar-refractivity contribution in [2.45, 2.75) is 63.5 Å². The van der Waals surface area contributed by atoms with E-state index in [9.17, 15) is 4.79 Å². The van der Waals surface area contributed by atoms with E-state index in [0.29, 0.717) is 11.4 Å². The van der Waals surface area contributed by atoms with Gasteiger partial charge < -0.3 is 0 Å². The lowest BCUT2D eigenvalue weighted by Crippen LogP contribution is -2.49. The fourth-order valence-corrected chi connectivity index (χ4v) is 4.75. The van der Waals surface area contributed by atoms with E-state index >= 15 is 0 Å². The van der Waals surface area contributed by atoms with Gasteiger partial charge in [0.1, 0.15) is 5.69 Å². The van der Waals surface area contributed by atoms with Crippen LogP contribution in [0.1, 0.15) is 61.0 Å². The molecule has 7 heteroatoms. The number of rotatable bonds is 9. The molecule has 0 atom stereocenters. The van der Waals surface area contributed by atoms with E-state index in [1.807, 2.05) is 0 Å². The molecule has 0 aliphatic heterocycles. The lowest BCUT2D eigenvalue weighted by atomic mass is 9.84. The molecule has 0 spiro atoms. The highest BCUT2D eigenvalue weighted by atomic mass is 16.2. The van der Waals surface area contributed by atoms with Crippen molar-refractivity contribution >= 4 is 11.6 Å². The summed E-state index contributed by atoms with van der Waals surface area (Å²) < 4.78 is 0. The van der Waals surface area contributed by atoms with E-state index < -0.39 is 5.91 Å². The van der Waals surface area contributed by atoms with Crippen LogP contribution in [0.2, 0.25) is 0 Å². The molecule has 0 bridgehead atoms. The van der Waals surface area contributed by atoms with Crippen molar-refractivity contribution in [1.82, 2.24) is 19.9 Å². The average Bonchev–Trinajstić information content (AvgIpc) is 2.82. The summed E-state index contributed by atoms with van der Waals surface area (Å²) in [7, 11) is 0. The summed E-state index contributed by atoms with van der Waals surface area (Å²) in [5.74, 6) is 5.55. The highest BCUT2D eigenvalue weighted by Crippen LogP contribution is 2.33. The number of amides is 1. The minimum atomic E-state index is -0.429. The van der Waals surface area contributed by atoms with E-state index in [4.69, 9.17) is 5.84 Å². The number of hydrazine groups is 1. The smallest absolute Gasteiger partial charge is 0.292 e. The van der Waals surface area contributed by atoms with Crippen LogP contribution in [0.25, 0.3) is 11.3 Å². The number of nitrogens with zero attached hydrogens (tertiary/aromatic N) is 5. The molecule has 34 heavy (non-hydrogen) atoms. The molecule has 0 radical (unpaired) electrons. The third-order valence-corrected chi connectivity index (χ3v) is 7.22. The van der Waals surface area contributed by atoms with Crippen molar-refractivity contribution in [3.8, 4) is 11.3 Å². The number of aromatic nitrogens is 3. The summed E-state index contributed by atoms with van der Waals surface area (Å²) in [5, 5.41) is 1.04. The maximum Gasteiger partial charge on any atom is 0.292 e. The van der Waals surface area contributed by atoms with Crippen LogP contribution in [0.3, 0.4) is 0 Å². The van der Waals surface area contributed by atoms with Crippen molar-refractivity contribution in [3.05, 3.63) is 72.4 Å². The van der Waals surface area contributed by atoms with Gasteiger partial charge in [-0.2, -0.15) is 0 Å². The second kappa shape index (κ2) is 10.4. The second-order valence-corrected chi connectivity index (χ2v) is 9.38. The number of aryl methyl sites for hydroxylation is 1. The molecule has 2 aliphatic carbocycles. The Hall–Kier alpha value is -3.16. The first-order chi connectivity index (χ1) is 16.7. The zero-order valence-electron chi connectivity index (χ0n) is 19.5. The zero-order valence-corrected chi connectivity index (χ0v) is 19.5. The Labute approximate surface area is 201 Å². The van der Waals surface area contributed by atoms with Gasteiger partial charge in [0.05, 0.1) is 30.0 Å². The first-order valence-corrected chi connectivity index (χ1v) is 12.4. The molecule has 2 N–H and O–H groups in total. The van der Waals surface area contributed by atoms with Crippen molar-refractivity contribution in [1.29, 1.82) is 0 Å². The van der Waals surface area contributed by atoms with Crippen molar-refractivity contribution < 1.29 is 4.79 Å². The molecule has 176 valence electrons. The molecule has 0 unspecified atom stereocenters. The number of hydrogen-bond donors (Lipinski definition) is 1. The Bertz CT molecular complexity index is 1080. The topological polar surface area (TPSA) is 88.2 Å². The molecule has 3 aromatic rings. The predicted molar refractivity (Wildman–Crippen MR) is 133 cm³/mol. The quantitative estimate of drug-likeness (QED) is 0.292. The Morgan fingerprint density at radius 3 is 2.29 bits per heavy atom. The molecule has 0 saturated heterocycles. The van der Waals surface area contributed by atoms with Gasteiger partial charge in [0.25, 0.3) is 5.91 Å². The van der Waals surface area contributed by atoms with E-state index in [2.05, 4.69) is 44.1 Å². The summed E-state index contributed by atoms with van der Waals surface area (Å²) in [4.78, 5) is 28.3. The molecule has 1 aromatic carbocycles. The van der Waals surface area contributed by atoms with Crippen LogP contribution in [-0.4, -0.2) is 44.4 Å². The minimum absolute atomic E-state index is 0.194. The van der Waals surface area contributed by atoms with Crippen LogP contribution in [0.15, 0.2) is 61.2 Å². The number of nitrogens with two attached hydrogens (primary N) is 1. The Morgan fingerprint density at radius 1 is 0.941 bits per heavy atom. The van der Waals surface area contributed by atoms with Crippen LogP contribution in [-0.2, 0) is 6.42 Å². The minimum Gasteiger partial charge on any atom is -0.297 e. The van der Waals surface area contributed by atoms with Crippen molar-refractivity contribution in [3.63, 3.8) is 0 Å². The van der Waals surface area contributed by atoms with Crippen LogP contribution in [0, 0.1) is 0 Å². The molecular weight excluding hydrogens is 424 g/mol. The summed E-state index contributed by atoms with van der Waals surface area (Å²) in [5.41, 5.74) is 3.60. The predicted octanol–water partition coefficient (Wildman–Crippen LogP) is 4.40. The normalized spacial score (nSPS) is 16.2. The summed E-state index contributed by atoms with van der Waals surface area (Å²) >= 11 is 0. The highest BCUT2D eigenvalue weighted by molar-refractivity contribution is 6.03. The Morgan fingerprint density at radius 2 is 1.68 bits per heavy atom. The Balaban J connectivity index is 1.20.